The SMILES string of the molecule is Cc1cnc(CNC(C)c2cncs2)s1. The van der Waals surface area contributed by atoms with E-state index in [0.29, 0.717) is 6.04 Å². The number of rotatable bonds is 4. The van der Waals surface area contributed by atoms with E-state index in [1.165, 1.54) is 9.75 Å². The van der Waals surface area contributed by atoms with E-state index in [9.17, 15) is 0 Å². The Morgan fingerprint density at radius 3 is 2.93 bits per heavy atom. The minimum atomic E-state index is 0.349. The molecule has 1 atom stereocenters. The van der Waals surface area contributed by atoms with E-state index in [2.05, 4.69) is 29.1 Å². The van der Waals surface area contributed by atoms with Crippen molar-refractivity contribution in [2.45, 2.75) is 26.4 Å². The van der Waals surface area contributed by atoms with Crippen LogP contribution in [0.5, 0.6) is 0 Å². The zero-order valence-electron chi connectivity index (χ0n) is 8.73. The van der Waals surface area contributed by atoms with Gasteiger partial charge in [0.15, 0.2) is 0 Å². The number of aromatic nitrogens is 2. The van der Waals surface area contributed by atoms with Gasteiger partial charge in [-0.2, -0.15) is 0 Å². The van der Waals surface area contributed by atoms with Crippen molar-refractivity contribution in [3.63, 3.8) is 0 Å². The number of aryl methyl sites for hydroxylation is 1. The van der Waals surface area contributed by atoms with E-state index >= 15 is 0 Å². The lowest BCUT2D eigenvalue weighted by atomic mass is 10.3. The van der Waals surface area contributed by atoms with E-state index in [1.807, 2.05) is 17.9 Å². The molecular weight excluding hydrogens is 226 g/mol. The second-order valence-electron chi connectivity index (χ2n) is 3.37. The van der Waals surface area contributed by atoms with Gasteiger partial charge in [0.1, 0.15) is 5.01 Å². The highest BCUT2D eigenvalue weighted by atomic mass is 32.1. The highest BCUT2D eigenvalue weighted by Crippen LogP contribution is 2.17. The molecule has 3 nitrogen and oxygen atoms in total. The van der Waals surface area contributed by atoms with Crippen LogP contribution >= 0.6 is 22.7 Å². The molecule has 2 aromatic rings. The lowest BCUT2D eigenvalue weighted by molar-refractivity contribution is 0.580. The summed E-state index contributed by atoms with van der Waals surface area (Å²) in [5.74, 6) is 0. The molecule has 0 spiro atoms. The summed E-state index contributed by atoms with van der Waals surface area (Å²) in [5, 5.41) is 4.58. The molecule has 0 saturated carbocycles. The maximum atomic E-state index is 4.31. The third-order valence-electron chi connectivity index (χ3n) is 2.11. The van der Waals surface area contributed by atoms with Gasteiger partial charge in [-0.25, -0.2) is 4.98 Å². The van der Waals surface area contributed by atoms with Crippen LogP contribution in [0.2, 0.25) is 0 Å². The van der Waals surface area contributed by atoms with Crippen molar-refractivity contribution in [1.29, 1.82) is 0 Å². The normalized spacial score (nSPS) is 12.9. The van der Waals surface area contributed by atoms with Gasteiger partial charge in [-0.1, -0.05) is 0 Å². The third-order valence-corrected chi connectivity index (χ3v) is 3.98. The fourth-order valence-corrected chi connectivity index (χ4v) is 2.65. The first kappa shape index (κ1) is 10.7. The molecule has 0 aromatic carbocycles. The quantitative estimate of drug-likeness (QED) is 0.891. The molecular formula is C10H13N3S2. The molecule has 80 valence electrons. The Kier molecular flexibility index (Phi) is 3.45. The molecule has 1 unspecified atom stereocenters. The Hall–Kier alpha value is -0.780. The second-order valence-corrected chi connectivity index (χ2v) is 5.61. The summed E-state index contributed by atoms with van der Waals surface area (Å²) in [6, 6.07) is 0.349. The van der Waals surface area contributed by atoms with E-state index in [4.69, 9.17) is 0 Å². The van der Waals surface area contributed by atoms with Gasteiger partial charge in [0.25, 0.3) is 0 Å². The van der Waals surface area contributed by atoms with E-state index < -0.39 is 0 Å². The van der Waals surface area contributed by atoms with E-state index in [0.717, 1.165) is 11.6 Å². The number of nitrogens with zero attached hydrogens (tertiary/aromatic N) is 2. The molecule has 5 heteroatoms. The van der Waals surface area contributed by atoms with Crippen LogP contribution < -0.4 is 5.32 Å². The van der Waals surface area contributed by atoms with Crippen molar-refractivity contribution in [2.24, 2.45) is 0 Å². The summed E-state index contributed by atoms with van der Waals surface area (Å²) in [6.07, 6.45) is 3.83. The molecule has 0 bridgehead atoms. The Labute approximate surface area is 97.2 Å². The van der Waals surface area contributed by atoms with E-state index in [-0.39, 0.29) is 0 Å². The van der Waals surface area contributed by atoms with Gasteiger partial charge in [-0.05, 0) is 13.8 Å². The van der Waals surface area contributed by atoms with Crippen molar-refractivity contribution in [3.8, 4) is 0 Å². The maximum Gasteiger partial charge on any atom is 0.107 e. The first-order valence-corrected chi connectivity index (χ1v) is 6.48. The number of thiazole rings is 2. The standard InChI is InChI=1S/C10H13N3S2/c1-7-3-13-10(15-7)5-12-8(2)9-4-11-6-14-9/h3-4,6,8,12H,5H2,1-2H3. The molecule has 0 aliphatic heterocycles. The van der Waals surface area contributed by atoms with Crippen molar-refractivity contribution in [1.82, 2.24) is 15.3 Å². The van der Waals surface area contributed by atoms with Crippen molar-refractivity contribution in [3.05, 3.63) is 32.7 Å². The summed E-state index contributed by atoms with van der Waals surface area (Å²) < 4.78 is 0. The maximum absolute atomic E-state index is 4.31. The van der Waals surface area contributed by atoms with Gasteiger partial charge >= 0.3 is 0 Å². The highest BCUT2D eigenvalue weighted by molar-refractivity contribution is 7.11. The van der Waals surface area contributed by atoms with Gasteiger partial charge in [0.2, 0.25) is 0 Å². The number of hydrogen-bond acceptors (Lipinski definition) is 5. The van der Waals surface area contributed by atoms with E-state index in [1.54, 1.807) is 22.7 Å². The summed E-state index contributed by atoms with van der Waals surface area (Å²) in [6.45, 7) is 5.05. The topological polar surface area (TPSA) is 37.8 Å². The van der Waals surface area contributed by atoms with Crippen molar-refractivity contribution in [2.75, 3.05) is 0 Å². The Morgan fingerprint density at radius 1 is 1.47 bits per heavy atom. The predicted octanol–water partition coefficient (Wildman–Crippen LogP) is 2.76. The van der Waals surface area contributed by atoms with Crippen LogP contribution in [0.1, 0.15) is 27.7 Å². The van der Waals surface area contributed by atoms with Crippen LogP contribution in [0.4, 0.5) is 0 Å². The minimum absolute atomic E-state index is 0.349. The van der Waals surface area contributed by atoms with Gasteiger partial charge in [-0.15, -0.1) is 22.7 Å². The first-order valence-electron chi connectivity index (χ1n) is 4.79. The molecule has 0 amide bonds. The van der Waals surface area contributed by atoms with Crippen LogP contribution in [0.3, 0.4) is 0 Å². The largest absolute Gasteiger partial charge is 0.303 e. The van der Waals surface area contributed by atoms with Crippen LogP contribution in [-0.2, 0) is 6.54 Å². The van der Waals surface area contributed by atoms with Crippen molar-refractivity contribution >= 4 is 22.7 Å². The second kappa shape index (κ2) is 4.83. The molecule has 15 heavy (non-hydrogen) atoms. The summed E-state index contributed by atoms with van der Waals surface area (Å²) >= 11 is 3.42. The molecule has 0 saturated heterocycles. The van der Waals surface area contributed by atoms with Crippen LogP contribution in [-0.4, -0.2) is 9.97 Å². The third kappa shape index (κ3) is 2.84. The molecule has 0 aliphatic rings. The van der Waals surface area contributed by atoms with Gasteiger partial charge < -0.3 is 5.32 Å². The summed E-state index contributed by atoms with van der Waals surface area (Å²) in [4.78, 5) is 10.9. The number of hydrogen-bond donors (Lipinski definition) is 1. The monoisotopic (exact) mass is 239 g/mol. The lowest BCUT2D eigenvalue weighted by Gasteiger charge is -2.09. The van der Waals surface area contributed by atoms with Crippen LogP contribution in [0.15, 0.2) is 17.9 Å². The summed E-state index contributed by atoms with van der Waals surface area (Å²) in [7, 11) is 0. The molecule has 2 rings (SSSR count). The zero-order valence-corrected chi connectivity index (χ0v) is 10.4. The molecule has 1 N–H and O–H groups in total. The fourth-order valence-electron chi connectivity index (χ4n) is 1.26. The number of nitrogens with one attached hydrogen (secondary N) is 1. The molecule has 0 fully saturated rings. The zero-order chi connectivity index (χ0) is 10.7. The molecule has 0 radical (unpaired) electrons. The van der Waals surface area contributed by atoms with Gasteiger partial charge in [0.05, 0.1) is 5.51 Å². The Bertz CT molecular complexity index is 408. The van der Waals surface area contributed by atoms with Crippen LogP contribution in [0.25, 0.3) is 0 Å². The van der Waals surface area contributed by atoms with Crippen molar-refractivity contribution < 1.29 is 0 Å². The predicted molar refractivity (Wildman–Crippen MR) is 64.2 cm³/mol. The van der Waals surface area contributed by atoms with Crippen LogP contribution in [0, 0.1) is 6.92 Å². The summed E-state index contributed by atoms with van der Waals surface area (Å²) in [5.41, 5.74) is 1.86. The lowest BCUT2D eigenvalue weighted by Crippen LogP contribution is -2.16. The van der Waals surface area contributed by atoms with Gasteiger partial charge in [-0.3, -0.25) is 4.98 Å². The molecule has 0 aliphatic carbocycles. The highest BCUT2D eigenvalue weighted by Gasteiger charge is 2.07. The molecule has 2 heterocycles. The average Bonchev–Trinajstić information content (AvgIpc) is 2.84. The average molecular weight is 239 g/mol. The Balaban J connectivity index is 1.88. The smallest absolute Gasteiger partial charge is 0.107 e. The first-order chi connectivity index (χ1) is 7.25. The minimum Gasteiger partial charge on any atom is -0.303 e. The van der Waals surface area contributed by atoms with Gasteiger partial charge in [0, 0.05) is 34.7 Å². The Morgan fingerprint density at radius 2 is 2.33 bits per heavy atom. The molecule has 2 aromatic heterocycles. The fraction of sp³-hybridized carbons (Fsp3) is 0.400.